The highest BCUT2D eigenvalue weighted by atomic mass is 16.5. The topological polar surface area (TPSA) is 79.9 Å². The predicted molar refractivity (Wildman–Crippen MR) is 131 cm³/mol. The van der Waals surface area contributed by atoms with E-state index in [0.29, 0.717) is 31.1 Å². The lowest BCUT2D eigenvalue weighted by Gasteiger charge is -2.17. The van der Waals surface area contributed by atoms with Gasteiger partial charge in [0.1, 0.15) is 12.4 Å². The Kier molecular flexibility index (Phi) is 8.85. The Morgan fingerprint density at radius 2 is 1.52 bits per heavy atom. The van der Waals surface area contributed by atoms with Crippen molar-refractivity contribution in [1.29, 1.82) is 0 Å². The predicted octanol–water partition coefficient (Wildman–Crippen LogP) is 4.43. The fourth-order valence-corrected chi connectivity index (χ4v) is 3.08. The molecule has 0 bridgehead atoms. The Hall–Kier alpha value is -3.84. The van der Waals surface area contributed by atoms with E-state index >= 15 is 0 Å². The summed E-state index contributed by atoms with van der Waals surface area (Å²) in [4.78, 5) is 26.5. The average molecular weight is 448 g/mol. The van der Waals surface area contributed by atoms with Gasteiger partial charge in [0.25, 0.3) is 5.91 Å². The summed E-state index contributed by atoms with van der Waals surface area (Å²) in [6.07, 6.45) is 0. The van der Waals surface area contributed by atoms with Crippen molar-refractivity contribution in [3.8, 4) is 5.75 Å². The summed E-state index contributed by atoms with van der Waals surface area (Å²) in [5.41, 5.74) is 2.83. The van der Waals surface area contributed by atoms with Crippen LogP contribution in [0.5, 0.6) is 5.75 Å². The van der Waals surface area contributed by atoms with Crippen LogP contribution in [-0.4, -0.2) is 45.2 Å². The lowest BCUT2D eigenvalue weighted by molar-refractivity contribution is -0.114. The number of hydrogen-bond donors (Lipinski definition) is 2. The minimum Gasteiger partial charge on any atom is -0.491 e. The van der Waals surface area contributed by atoms with Gasteiger partial charge in [-0.05, 0) is 67.6 Å². The number of hydrogen-bond acceptors (Lipinski definition) is 5. The second kappa shape index (κ2) is 12.3. The van der Waals surface area contributed by atoms with E-state index in [9.17, 15) is 9.59 Å². The third-order valence-electron chi connectivity index (χ3n) is 4.87. The van der Waals surface area contributed by atoms with Gasteiger partial charge in [0.05, 0.1) is 13.2 Å². The van der Waals surface area contributed by atoms with Crippen LogP contribution in [0.2, 0.25) is 0 Å². The molecule has 2 N–H and O–H groups in total. The molecular weight excluding hydrogens is 418 g/mol. The Bertz CT molecular complexity index is 1020. The Morgan fingerprint density at radius 3 is 2.18 bits per heavy atom. The van der Waals surface area contributed by atoms with Crippen LogP contribution in [0.15, 0.2) is 78.9 Å². The van der Waals surface area contributed by atoms with E-state index in [1.807, 2.05) is 37.3 Å². The maximum Gasteiger partial charge on any atom is 0.258 e. The zero-order valence-corrected chi connectivity index (χ0v) is 18.9. The summed E-state index contributed by atoms with van der Waals surface area (Å²) in [5.74, 6) is 0.443. The smallest absolute Gasteiger partial charge is 0.258 e. The quantitative estimate of drug-likeness (QED) is 0.425. The van der Waals surface area contributed by atoms with Crippen molar-refractivity contribution >= 4 is 28.9 Å². The van der Waals surface area contributed by atoms with Crippen molar-refractivity contribution in [3.05, 3.63) is 84.4 Å². The van der Waals surface area contributed by atoms with E-state index in [1.165, 1.54) is 0 Å². The van der Waals surface area contributed by atoms with Crippen LogP contribution < -0.4 is 20.3 Å². The van der Waals surface area contributed by atoms with E-state index in [0.717, 1.165) is 17.1 Å². The van der Waals surface area contributed by atoms with Gasteiger partial charge in [0, 0.05) is 36.3 Å². The summed E-state index contributed by atoms with van der Waals surface area (Å²) >= 11 is 0. The number of benzene rings is 3. The third kappa shape index (κ3) is 7.36. The number of carbonyl (C=O) groups is 2. The van der Waals surface area contributed by atoms with E-state index in [1.54, 1.807) is 60.5 Å². The number of nitrogens with one attached hydrogen (secondary N) is 2. The van der Waals surface area contributed by atoms with Gasteiger partial charge in [0.2, 0.25) is 5.91 Å². The van der Waals surface area contributed by atoms with Gasteiger partial charge in [-0.2, -0.15) is 0 Å². The molecular formula is C26H29N3O4. The van der Waals surface area contributed by atoms with Gasteiger partial charge < -0.3 is 25.0 Å². The van der Waals surface area contributed by atoms with Crippen molar-refractivity contribution in [3.63, 3.8) is 0 Å². The first-order valence-corrected chi connectivity index (χ1v) is 10.8. The minimum absolute atomic E-state index is 0.101. The van der Waals surface area contributed by atoms with Gasteiger partial charge in [-0.3, -0.25) is 9.59 Å². The maximum atomic E-state index is 12.7. The van der Waals surface area contributed by atoms with Crippen molar-refractivity contribution in [2.24, 2.45) is 0 Å². The lowest BCUT2D eigenvalue weighted by Crippen LogP contribution is -2.26. The molecule has 0 aromatic heterocycles. The Labute approximate surface area is 194 Å². The van der Waals surface area contributed by atoms with E-state index in [4.69, 9.17) is 9.47 Å². The van der Waals surface area contributed by atoms with Gasteiger partial charge >= 0.3 is 0 Å². The summed E-state index contributed by atoms with van der Waals surface area (Å²) < 4.78 is 10.8. The van der Waals surface area contributed by atoms with Crippen LogP contribution >= 0.6 is 0 Å². The van der Waals surface area contributed by atoms with Crippen molar-refractivity contribution in [1.82, 2.24) is 0 Å². The molecule has 7 heteroatoms. The molecule has 0 unspecified atom stereocenters. The van der Waals surface area contributed by atoms with Crippen LogP contribution in [0.1, 0.15) is 17.3 Å². The summed E-state index contributed by atoms with van der Waals surface area (Å²) in [6, 6.07) is 23.7. The van der Waals surface area contributed by atoms with Crippen LogP contribution in [0.25, 0.3) is 0 Å². The molecule has 0 spiro atoms. The molecule has 33 heavy (non-hydrogen) atoms. The highest BCUT2D eigenvalue weighted by molar-refractivity contribution is 6.05. The van der Waals surface area contributed by atoms with Crippen LogP contribution in [0.4, 0.5) is 17.1 Å². The first-order valence-electron chi connectivity index (χ1n) is 10.8. The summed E-state index contributed by atoms with van der Waals surface area (Å²) in [7, 11) is 1.74. The monoisotopic (exact) mass is 447 g/mol. The number of rotatable bonds is 11. The van der Waals surface area contributed by atoms with Crippen molar-refractivity contribution < 1.29 is 19.1 Å². The number of para-hydroxylation sites is 1. The third-order valence-corrected chi connectivity index (χ3v) is 4.87. The molecule has 0 radical (unpaired) electrons. The molecule has 3 rings (SSSR count). The fraction of sp³-hybridized carbons (Fsp3) is 0.231. The first kappa shape index (κ1) is 23.8. The largest absolute Gasteiger partial charge is 0.491 e. The van der Waals surface area contributed by atoms with Crippen molar-refractivity contribution in [2.45, 2.75) is 6.92 Å². The molecule has 0 saturated heterocycles. The highest BCUT2D eigenvalue weighted by Crippen LogP contribution is 2.17. The zero-order chi connectivity index (χ0) is 23.5. The van der Waals surface area contributed by atoms with E-state index < -0.39 is 0 Å². The molecule has 7 nitrogen and oxygen atoms in total. The van der Waals surface area contributed by atoms with Crippen molar-refractivity contribution in [2.75, 3.05) is 48.9 Å². The molecule has 0 heterocycles. The minimum atomic E-state index is -0.177. The molecule has 0 aliphatic heterocycles. The molecule has 0 atom stereocenters. The number of ether oxygens (including phenoxy) is 2. The number of amides is 2. The molecule has 0 aliphatic rings. The number of carbonyl (C=O) groups excluding carboxylic acids is 2. The van der Waals surface area contributed by atoms with Crippen LogP contribution in [-0.2, 0) is 9.53 Å². The van der Waals surface area contributed by atoms with Crippen LogP contribution in [0, 0.1) is 0 Å². The van der Waals surface area contributed by atoms with Gasteiger partial charge in [0.15, 0.2) is 0 Å². The molecule has 0 saturated carbocycles. The first-order chi connectivity index (χ1) is 16.1. The molecule has 0 fully saturated rings. The standard InChI is InChI=1S/C26H29N3O4/c1-3-32-17-18-33-24-15-13-22(14-16-24)28-25(30)19-27-21-11-9-20(10-12-21)26(31)29(2)23-7-5-4-6-8-23/h4-16,27H,3,17-19H2,1-2H3,(H,28,30). The fourth-order valence-electron chi connectivity index (χ4n) is 3.08. The molecule has 0 aliphatic carbocycles. The SMILES string of the molecule is CCOCCOc1ccc(NC(=O)CNc2ccc(C(=O)N(C)c3ccccc3)cc2)cc1. The lowest BCUT2D eigenvalue weighted by atomic mass is 10.1. The summed E-state index contributed by atoms with van der Waals surface area (Å²) in [6.45, 7) is 3.73. The second-order valence-corrected chi connectivity index (χ2v) is 7.25. The molecule has 3 aromatic carbocycles. The van der Waals surface area contributed by atoms with E-state index in [2.05, 4.69) is 10.6 Å². The molecule has 3 aromatic rings. The highest BCUT2D eigenvalue weighted by Gasteiger charge is 2.13. The van der Waals surface area contributed by atoms with Gasteiger partial charge in [-0.25, -0.2) is 0 Å². The number of anilines is 3. The average Bonchev–Trinajstić information content (AvgIpc) is 2.86. The zero-order valence-electron chi connectivity index (χ0n) is 18.9. The molecule has 2 amide bonds. The maximum absolute atomic E-state index is 12.7. The summed E-state index contributed by atoms with van der Waals surface area (Å²) in [5, 5.41) is 5.90. The van der Waals surface area contributed by atoms with E-state index in [-0.39, 0.29) is 18.4 Å². The molecule has 172 valence electrons. The number of nitrogens with zero attached hydrogens (tertiary/aromatic N) is 1. The normalized spacial score (nSPS) is 10.4. The van der Waals surface area contributed by atoms with Crippen LogP contribution in [0.3, 0.4) is 0 Å². The van der Waals surface area contributed by atoms with Gasteiger partial charge in [-0.1, -0.05) is 18.2 Å². The Balaban J connectivity index is 1.45. The Morgan fingerprint density at radius 1 is 0.848 bits per heavy atom. The second-order valence-electron chi connectivity index (χ2n) is 7.25. The van der Waals surface area contributed by atoms with Gasteiger partial charge in [-0.15, -0.1) is 0 Å².